The second-order valence-corrected chi connectivity index (χ2v) is 8.41. The van der Waals surface area contributed by atoms with E-state index in [1.807, 2.05) is 0 Å². The summed E-state index contributed by atoms with van der Waals surface area (Å²) >= 11 is 6.30. The lowest BCUT2D eigenvalue weighted by atomic mass is 10.2. The fraction of sp³-hybridized carbons (Fsp3) is 0.222. The van der Waals surface area contributed by atoms with Crippen molar-refractivity contribution in [2.24, 2.45) is 0 Å². The third kappa shape index (κ3) is 4.13. The van der Waals surface area contributed by atoms with Crippen molar-refractivity contribution >= 4 is 44.1 Å². The maximum absolute atomic E-state index is 12.0. The Morgan fingerprint density at radius 2 is 2.04 bits per heavy atom. The number of rotatable bonds is 6. The number of nitrogens with one attached hydrogen (secondary N) is 1. The van der Waals surface area contributed by atoms with Crippen LogP contribution in [0.5, 0.6) is 0 Å². The van der Waals surface area contributed by atoms with Crippen LogP contribution < -0.4 is 5.32 Å². The minimum atomic E-state index is -3.33. The molecule has 0 saturated heterocycles. The van der Waals surface area contributed by atoms with E-state index in [4.69, 9.17) is 20.8 Å². The molecule has 0 aliphatic rings. The number of hydrogen-bond acceptors (Lipinski definition) is 6. The maximum Gasteiger partial charge on any atom is 0.250 e. The van der Waals surface area contributed by atoms with Gasteiger partial charge in [-0.3, -0.25) is 4.79 Å². The fourth-order valence-corrected chi connectivity index (χ4v) is 3.64. The number of ether oxygens (including phenoxy) is 1. The number of sulfone groups is 1. The number of fused-ring (bicyclic) bond motifs is 1. The molecule has 0 saturated carbocycles. The largest absolute Gasteiger partial charge is 0.436 e. The molecule has 0 spiro atoms. The van der Waals surface area contributed by atoms with Crippen LogP contribution in [0, 0.1) is 0 Å². The van der Waals surface area contributed by atoms with Crippen molar-refractivity contribution in [1.82, 2.24) is 4.98 Å². The predicted molar refractivity (Wildman–Crippen MR) is 103 cm³/mol. The molecule has 2 aromatic carbocycles. The molecule has 1 aromatic heterocycles. The Morgan fingerprint density at radius 3 is 2.70 bits per heavy atom. The molecule has 7 nitrogen and oxygen atoms in total. The van der Waals surface area contributed by atoms with Gasteiger partial charge in [0.05, 0.1) is 21.2 Å². The van der Waals surface area contributed by atoms with E-state index in [1.165, 1.54) is 19.2 Å². The zero-order valence-corrected chi connectivity index (χ0v) is 16.2. The van der Waals surface area contributed by atoms with E-state index in [1.54, 1.807) is 31.2 Å². The Kier molecular flexibility index (Phi) is 5.50. The van der Waals surface area contributed by atoms with Crippen molar-refractivity contribution in [3.63, 3.8) is 0 Å². The van der Waals surface area contributed by atoms with Crippen molar-refractivity contribution in [1.29, 1.82) is 0 Å². The van der Waals surface area contributed by atoms with Crippen LogP contribution in [-0.2, 0) is 19.4 Å². The first kappa shape index (κ1) is 19.3. The van der Waals surface area contributed by atoms with Gasteiger partial charge in [0.25, 0.3) is 0 Å². The SMILES string of the molecule is CCS(=O)(=O)c1ccc2oc(-c3ccc(NC(=O)COC)cc3Cl)nc2c1. The van der Waals surface area contributed by atoms with Gasteiger partial charge in [-0.25, -0.2) is 13.4 Å². The van der Waals surface area contributed by atoms with E-state index < -0.39 is 9.84 Å². The minimum Gasteiger partial charge on any atom is -0.436 e. The molecule has 0 bridgehead atoms. The van der Waals surface area contributed by atoms with E-state index in [0.29, 0.717) is 27.4 Å². The van der Waals surface area contributed by atoms with Crippen molar-refractivity contribution < 1.29 is 22.4 Å². The Hall–Kier alpha value is -2.42. The van der Waals surface area contributed by atoms with E-state index >= 15 is 0 Å². The summed E-state index contributed by atoms with van der Waals surface area (Å²) in [5.74, 6) is -0.0330. The molecule has 1 heterocycles. The van der Waals surface area contributed by atoms with Gasteiger partial charge >= 0.3 is 0 Å². The second kappa shape index (κ2) is 7.67. The van der Waals surface area contributed by atoms with Gasteiger partial charge in [-0.1, -0.05) is 18.5 Å². The number of oxazole rings is 1. The minimum absolute atomic E-state index is 0.00525. The van der Waals surface area contributed by atoms with Gasteiger partial charge in [-0.05, 0) is 36.4 Å². The number of carbonyl (C=O) groups excluding carboxylic acids is 1. The summed E-state index contributed by atoms with van der Waals surface area (Å²) in [5.41, 5.74) is 1.91. The molecule has 3 aromatic rings. The first-order valence-electron chi connectivity index (χ1n) is 8.06. The standard InChI is InChI=1S/C18H17ClN2O5S/c1-3-27(23,24)12-5-7-16-15(9-12)21-18(26-16)13-6-4-11(8-14(13)19)20-17(22)10-25-2/h4-9H,3,10H2,1-2H3,(H,20,22). The van der Waals surface area contributed by atoms with Gasteiger partial charge in [-0.15, -0.1) is 0 Å². The number of aromatic nitrogens is 1. The number of carbonyl (C=O) groups is 1. The quantitative estimate of drug-likeness (QED) is 0.669. The Labute approximate surface area is 161 Å². The summed E-state index contributed by atoms with van der Waals surface area (Å²) in [6.45, 7) is 1.52. The van der Waals surface area contributed by atoms with Gasteiger partial charge in [0.2, 0.25) is 11.8 Å². The number of halogens is 1. The number of methoxy groups -OCH3 is 1. The normalized spacial score (nSPS) is 11.7. The number of benzene rings is 2. The van der Waals surface area contributed by atoms with Crippen LogP contribution in [0.4, 0.5) is 5.69 Å². The molecule has 0 aliphatic carbocycles. The Balaban J connectivity index is 1.94. The lowest BCUT2D eigenvalue weighted by molar-refractivity contribution is -0.119. The number of hydrogen-bond donors (Lipinski definition) is 1. The summed E-state index contributed by atoms with van der Waals surface area (Å²) in [4.78, 5) is 16.1. The molecule has 0 unspecified atom stereocenters. The van der Waals surface area contributed by atoms with Gasteiger partial charge in [-0.2, -0.15) is 0 Å². The molecule has 0 aliphatic heterocycles. The van der Waals surface area contributed by atoms with Gasteiger partial charge in [0.15, 0.2) is 15.4 Å². The highest BCUT2D eigenvalue weighted by Gasteiger charge is 2.17. The highest BCUT2D eigenvalue weighted by atomic mass is 35.5. The van der Waals surface area contributed by atoms with Crippen LogP contribution in [0.25, 0.3) is 22.6 Å². The van der Waals surface area contributed by atoms with Crippen LogP contribution in [0.2, 0.25) is 5.02 Å². The zero-order chi connectivity index (χ0) is 19.6. The molecule has 0 radical (unpaired) electrons. The fourth-order valence-electron chi connectivity index (χ4n) is 2.48. The first-order valence-corrected chi connectivity index (χ1v) is 10.1. The highest BCUT2D eigenvalue weighted by Crippen LogP contribution is 2.32. The zero-order valence-electron chi connectivity index (χ0n) is 14.7. The maximum atomic E-state index is 12.0. The summed E-state index contributed by atoms with van der Waals surface area (Å²) in [6.07, 6.45) is 0. The third-order valence-electron chi connectivity index (χ3n) is 3.86. The van der Waals surface area contributed by atoms with Crippen LogP contribution >= 0.6 is 11.6 Å². The topological polar surface area (TPSA) is 98.5 Å². The van der Waals surface area contributed by atoms with E-state index in [9.17, 15) is 13.2 Å². The van der Waals surface area contributed by atoms with Gasteiger partial charge in [0.1, 0.15) is 12.1 Å². The predicted octanol–water partition coefficient (Wildman–Crippen LogP) is 3.53. The first-order chi connectivity index (χ1) is 12.8. The summed E-state index contributed by atoms with van der Waals surface area (Å²) in [7, 11) is -1.90. The highest BCUT2D eigenvalue weighted by molar-refractivity contribution is 7.91. The smallest absolute Gasteiger partial charge is 0.250 e. The number of nitrogens with zero attached hydrogens (tertiary/aromatic N) is 1. The lowest BCUT2D eigenvalue weighted by Gasteiger charge is -2.06. The van der Waals surface area contributed by atoms with Crippen LogP contribution in [-0.4, -0.2) is 38.8 Å². The molecule has 9 heteroatoms. The van der Waals surface area contributed by atoms with Crippen molar-refractivity contribution in [3.05, 3.63) is 41.4 Å². The molecule has 27 heavy (non-hydrogen) atoms. The molecule has 1 N–H and O–H groups in total. The van der Waals surface area contributed by atoms with Gasteiger partial charge < -0.3 is 14.5 Å². The Morgan fingerprint density at radius 1 is 1.26 bits per heavy atom. The molecule has 0 atom stereocenters. The monoisotopic (exact) mass is 408 g/mol. The second-order valence-electron chi connectivity index (χ2n) is 5.73. The molecule has 3 rings (SSSR count). The van der Waals surface area contributed by atoms with Crippen LogP contribution in [0.3, 0.4) is 0 Å². The van der Waals surface area contributed by atoms with E-state index in [2.05, 4.69) is 10.3 Å². The number of anilines is 1. The van der Waals surface area contributed by atoms with Gasteiger partial charge in [0, 0.05) is 12.8 Å². The molecule has 142 valence electrons. The summed E-state index contributed by atoms with van der Waals surface area (Å²) < 4.78 is 34.5. The molecular formula is C18H17ClN2O5S. The third-order valence-corrected chi connectivity index (χ3v) is 5.90. The van der Waals surface area contributed by atoms with Crippen molar-refractivity contribution in [2.45, 2.75) is 11.8 Å². The van der Waals surface area contributed by atoms with Crippen molar-refractivity contribution in [3.8, 4) is 11.5 Å². The average molecular weight is 409 g/mol. The van der Waals surface area contributed by atoms with Crippen molar-refractivity contribution in [2.75, 3.05) is 24.8 Å². The average Bonchev–Trinajstić information content (AvgIpc) is 3.04. The van der Waals surface area contributed by atoms with E-state index in [-0.39, 0.29) is 29.1 Å². The molecule has 1 amide bonds. The summed E-state index contributed by atoms with van der Waals surface area (Å²) in [5, 5.41) is 2.99. The van der Waals surface area contributed by atoms with E-state index in [0.717, 1.165) is 0 Å². The molecular weight excluding hydrogens is 392 g/mol. The molecule has 0 fully saturated rings. The van der Waals surface area contributed by atoms with Crippen LogP contribution in [0.1, 0.15) is 6.92 Å². The van der Waals surface area contributed by atoms with Crippen LogP contribution in [0.15, 0.2) is 45.7 Å². The Bertz CT molecular complexity index is 1110. The lowest BCUT2D eigenvalue weighted by Crippen LogP contribution is -2.16. The number of amides is 1. The summed E-state index contributed by atoms with van der Waals surface area (Å²) in [6, 6.07) is 9.45.